The topological polar surface area (TPSA) is 37.4 Å². The maximum atomic E-state index is 8.74. The summed E-state index contributed by atoms with van der Waals surface area (Å²) in [6.07, 6.45) is 0. The van der Waals surface area contributed by atoms with Gasteiger partial charge >= 0.3 is 5.70 Å². The Hall–Kier alpha value is -1.68. The van der Waals surface area contributed by atoms with Gasteiger partial charge in [-0.2, -0.15) is 0 Å². The second-order valence-corrected chi connectivity index (χ2v) is 3.76. The van der Waals surface area contributed by atoms with Crippen LogP contribution in [0.5, 0.6) is 0 Å². The van der Waals surface area contributed by atoms with E-state index < -0.39 is 5.60 Å². The van der Waals surface area contributed by atoms with Gasteiger partial charge in [-0.25, -0.2) is 10.1 Å². The second-order valence-electron chi connectivity index (χ2n) is 3.76. The summed E-state index contributed by atoms with van der Waals surface area (Å²) in [4.78, 5) is 3.15. The minimum absolute atomic E-state index is 0.0347. The molecule has 0 amide bonds. The molecule has 1 rings (SSSR count). The fourth-order valence-electron chi connectivity index (χ4n) is 1.38. The van der Waals surface area contributed by atoms with Crippen LogP contribution in [0.2, 0.25) is 0 Å². The minimum atomic E-state index is -0.397. The average Bonchev–Trinajstić information content (AvgIpc) is 2.33. The quantitative estimate of drug-likeness (QED) is 0.325. The van der Waals surface area contributed by atoms with Crippen LogP contribution < -0.4 is 0 Å². The van der Waals surface area contributed by atoms with Crippen molar-refractivity contribution in [1.82, 2.24) is 0 Å². The zero-order valence-corrected chi connectivity index (χ0v) is 8.80. The molecule has 0 fully saturated rings. The van der Waals surface area contributed by atoms with Crippen molar-refractivity contribution in [2.24, 2.45) is 0 Å². The molecule has 0 spiro atoms. The summed E-state index contributed by atoms with van der Waals surface area (Å²) in [5, 5.41) is 8.74. The van der Waals surface area contributed by atoms with E-state index in [0.717, 1.165) is 11.0 Å². The lowest BCUT2D eigenvalue weighted by Gasteiger charge is -2.21. The lowest BCUT2D eigenvalue weighted by Crippen LogP contribution is -2.21. The van der Waals surface area contributed by atoms with Crippen molar-refractivity contribution in [2.75, 3.05) is 0 Å². The monoisotopic (exact) mass is 186 g/mol. The summed E-state index contributed by atoms with van der Waals surface area (Å²) in [5.41, 5.74) is 1.62. The highest BCUT2D eigenvalue weighted by atomic mass is 16.5. The summed E-state index contributed by atoms with van der Waals surface area (Å²) in [6.45, 7) is 12.6. The molecule has 0 saturated carbocycles. The van der Waals surface area contributed by atoms with E-state index >= 15 is 0 Å². The summed E-state index contributed by atoms with van der Waals surface area (Å²) >= 11 is 0. The lowest BCUT2D eigenvalue weighted by molar-refractivity contribution is 0.0977. The molecule has 0 aromatic carbocycles. The van der Waals surface area contributed by atoms with Crippen LogP contribution in [-0.4, -0.2) is 13.4 Å². The van der Waals surface area contributed by atoms with Gasteiger partial charge in [-0.05, 0) is 26.3 Å². The molecule has 0 aromatic rings. The molecule has 0 unspecified atom stereocenters. The third kappa shape index (κ3) is 1.40. The van der Waals surface area contributed by atoms with Crippen LogP contribution in [0.1, 0.15) is 20.8 Å². The number of ether oxygens (including phenoxy) is 1. The highest BCUT2D eigenvalue weighted by Gasteiger charge is 2.34. The summed E-state index contributed by atoms with van der Waals surface area (Å²) in [6, 6.07) is 1.85. The Labute approximate surface area is 84.9 Å². The van der Waals surface area contributed by atoms with E-state index in [1.165, 1.54) is 0 Å². The fourth-order valence-corrected chi connectivity index (χ4v) is 1.38. The van der Waals surface area contributed by atoms with Gasteiger partial charge in [0.1, 0.15) is 19.2 Å². The molecule has 0 aromatic heterocycles. The van der Waals surface area contributed by atoms with Gasteiger partial charge in [0, 0.05) is 0 Å². The number of hydrogen-bond donors (Lipinski definition) is 0. The molecule has 0 N–H and O–H groups in total. The van der Waals surface area contributed by atoms with Crippen molar-refractivity contribution in [3.63, 3.8) is 0 Å². The van der Waals surface area contributed by atoms with E-state index in [2.05, 4.69) is 4.85 Å². The molecule has 4 heteroatoms. The third-order valence-electron chi connectivity index (χ3n) is 2.60. The molecule has 0 saturated heterocycles. The Kier molecular flexibility index (Phi) is 2.40. The van der Waals surface area contributed by atoms with Crippen molar-refractivity contribution in [3.8, 4) is 6.07 Å². The molecular formula is C10H11BN2O. The van der Waals surface area contributed by atoms with Gasteiger partial charge in [0.2, 0.25) is 0 Å². The Morgan fingerprint density at radius 2 is 2.21 bits per heavy atom. The second kappa shape index (κ2) is 3.23. The first-order valence-electron chi connectivity index (χ1n) is 4.33. The third-order valence-corrected chi connectivity index (χ3v) is 2.60. The molecule has 0 bridgehead atoms. The Morgan fingerprint density at radius 1 is 1.64 bits per heavy atom. The Balaban J connectivity index is 3.34. The molecule has 1 heterocycles. The highest BCUT2D eigenvalue weighted by Crippen LogP contribution is 2.37. The number of nitriles is 1. The van der Waals surface area contributed by atoms with Crippen LogP contribution in [0.25, 0.3) is 4.85 Å². The molecule has 0 atom stereocenters. The van der Waals surface area contributed by atoms with Crippen LogP contribution in [0.3, 0.4) is 0 Å². The fraction of sp³-hybridized carbons (Fsp3) is 0.400. The zero-order chi connectivity index (χ0) is 10.9. The number of nitrogens with zero attached hydrogens (tertiary/aromatic N) is 2. The Bertz CT molecular complexity index is 402. The largest absolute Gasteiger partial charge is 0.494 e. The van der Waals surface area contributed by atoms with Crippen molar-refractivity contribution in [3.05, 3.63) is 33.9 Å². The molecule has 70 valence electrons. The minimum Gasteiger partial charge on any atom is -0.494 e. The van der Waals surface area contributed by atoms with Gasteiger partial charge < -0.3 is 4.74 Å². The van der Waals surface area contributed by atoms with Crippen LogP contribution in [0, 0.1) is 17.9 Å². The predicted molar refractivity (Wildman–Crippen MR) is 55.6 cm³/mol. The van der Waals surface area contributed by atoms with Gasteiger partial charge in [0.25, 0.3) is 0 Å². The smallest absolute Gasteiger partial charge is 0.303 e. The van der Waals surface area contributed by atoms with E-state index in [-0.39, 0.29) is 5.70 Å². The zero-order valence-electron chi connectivity index (χ0n) is 8.80. The Morgan fingerprint density at radius 3 is 2.50 bits per heavy atom. The summed E-state index contributed by atoms with van der Waals surface area (Å²) in [7, 11) is 1.96. The molecular weight excluding hydrogens is 175 g/mol. The first-order chi connectivity index (χ1) is 6.44. The van der Waals surface area contributed by atoms with E-state index in [1.54, 1.807) is 0 Å². The molecule has 0 radical (unpaired) electrons. The SMILES string of the molecule is BC1=C(C)/C(=C(/C#N)[N+]#[C-])OC1(C)C. The van der Waals surface area contributed by atoms with E-state index in [4.69, 9.17) is 16.6 Å². The molecule has 1 aliphatic heterocycles. The molecule has 3 nitrogen and oxygen atoms in total. The summed E-state index contributed by atoms with van der Waals surface area (Å²) in [5.74, 6) is 0.435. The van der Waals surface area contributed by atoms with E-state index in [0.29, 0.717) is 5.76 Å². The van der Waals surface area contributed by atoms with E-state index in [9.17, 15) is 0 Å². The molecule has 14 heavy (non-hydrogen) atoms. The van der Waals surface area contributed by atoms with Crippen LogP contribution >= 0.6 is 0 Å². The number of allylic oxidation sites excluding steroid dienone is 2. The highest BCUT2D eigenvalue weighted by molar-refractivity contribution is 6.23. The van der Waals surface area contributed by atoms with Gasteiger partial charge in [0.05, 0.1) is 12.6 Å². The molecule has 0 aliphatic carbocycles. The van der Waals surface area contributed by atoms with Crippen LogP contribution in [0.4, 0.5) is 0 Å². The maximum Gasteiger partial charge on any atom is 0.303 e. The number of hydrogen-bond acceptors (Lipinski definition) is 2. The predicted octanol–water partition coefficient (Wildman–Crippen LogP) is 1.36. The number of rotatable bonds is 0. The maximum absolute atomic E-state index is 8.74. The van der Waals surface area contributed by atoms with Gasteiger partial charge in [-0.3, -0.25) is 0 Å². The standard InChI is InChI=1S/C10H11BN2O/c1-6-8(7(5-12)13-4)14-10(2,3)9(6)11/h11H2,1-3H3/b8-7+. The lowest BCUT2D eigenvalue weighted by atomic mass is 9.80. The van der Waals surface area contributed by atoms with Crippen LogP contribution in [0.15, 0.2) is 22.5 Å². The molecule has 1 aliphatic rings. The normalized spacial score (nSPS) is 22.4. The van der Waals surface area contributed by atoms with Crippen molar-refractivity contribution < 1.29 is 4.74 Å². The van der Waals surface area contributed by atoms with Gasteiger partial charge in [-0.1, -0.05) is 5.47 Å². The van der Waals surface area contributed by atoms with Gasteiger partial charge in [-0.15, -0.1) is 0 Å². The van der Waals surface area contributed by atoms with Crippen LogP contribution in [-0.2, 0) is 4.74 Å². The first kappa shape index (κ1) is 10.4. The average molecular weight is 186 g/mol. The van der Waals surface area contributed by atoms with Crippen molar-refractivity contribution in [2.45, 2.75) is 26.4 Å². The van der Waals surface area contributed by atoms with Crippen molar-refractivity contribution >= 4 is 7.85 Å². The van der Waals surface area contributed by atoms with E-state index in [1.807, 2.05) is 34.7 Å². The van der Waals surface area contributed by atoms with Crippen molar-refractivity contribution in [1.29, 1.82) is 5.26 Å². The first-order valence-corrected chi connectivity index (χ1v) is 4.33. The van der Waals surface area contributed by atoms with Gasteiger partial charge in [0.15, 0.2) is 0 Å². The summed E-state index contributed by atoms with van der Waals surface area (Å²) < 4.78 is 5.59.